The Hall–Kier alpha value is -0.500. The average Bonchev–Trinajstić information content (AvgIpc) is 2.07. The number of anilines is 1. The van der Waals surface area contributed by atoms with Gasteiger partial charge in [-0.1, -0.05) is 0 Å². The van der Waals surface area contributed by atoms with Crippen molar-refractivity contribution >= 4 is 28.3 Å². The Labute approximate surface area is 87.1 Å². The molecule has 0 aliphatic heterocycles. The number of aliphatic hydroxyl groups is 1. The molecule has 3 N–H and O–H groups in total. The van der Waals surface area contributed by atoms with Crippen molar-refractivity contribution in [3.05, 3.63) is 21.0 Å². The van der Waals surface area contributed by atoms with Gasteiger partial charge in [0.15, 0.2) is 0 Å². The molecule has 1 heterocycles. The van der Waals surface area contributed by atoms with E-state index in [0.29, 0.717) is 9.26 Å². The van der Waals surface area contributed by atoms with Crippen LogP contribution in [0.5, 0.6) is 0 Å². The van der Waals surface area contributed by atoms with Gasteiger partial charge in [-0.2, -0.15) is 0 Å². The highest BCUT2D eigenvalue weighted by atomic mass is 127. The van der Waals surface area contributed by atoms with Crippen LogP contribution in [0.1, 0.15) is 17.7 Å². The van der Waals surface area contributed by atoms with Gasteiger partial charge in [-0.05, 0) is 28.7 Å². The molecule has 0 radical (unpaired) electrons. The van der Waals surface area contributed by atoms with E-state index in [9.17, 15) is 8.78 Å². The second-order valence-electron chi connectivity index (χ2n) is 2.37. The topological polar surface area (TPSA) is 59.1 Å². The van der Waals surface area contributed by atoms with E-state index in [-0.39, 0.29) is 12.3 Å². The number of alkyl halides is 2. The maximum atomic E-state index is 12.2. The van der Waals surface area contributed by atoms with Gasteiger partial charge in [0, 0.05) is 5.56 Å². The lowest BCUT2D eigenvalue weighted by molar-refractivity contribution is 0.146. The van der Waals surface area contributed by atoms with Crippen LogP contribution in [0.2, 0.25) is 0 Å². The van der Waals surface area contributed by atoms with E-state index in [1.807, 2.05) is 0 Å². The molecule has 0 bridgehead atoms. The van der Waals surface area contributed by atoms with Gasteiger partial charge in [0.1, 0.15) is 9.39 Å². The Morgan fingerprint density at radius 2 is 2.23 bits per heavy atom. The van der Waals surface area contributed by atoms with Gasteiger partial charge in [-0.3, -0.25) is 0 Å². The van der Waals surface area contributed by atoms with Crippen LogP contribution in [0.3, 0.4) is 0 Å². The van der Waals surface area contributed by atoms with Gasteiger partial charge < -0.3 is 10.8 Å². The summed E-state index contributed by atoms with van der Waals surface area (Å²) in [6, 6.07) is 1.32. The number of aliphatic hydroxyl groups excluding tert-OH is 1. The summed E-state index contributed by atoms with van der Waals surface area (Å²) in [6.45, 7) is -0.251. The van der Waals surface area contributed by atoms with Gasteiger partial charge in [0.25, 0.3) is 6.43 Å². The van der Waals surface area contributed by atoms with Crippen LogP contribution in [0.15, 0.2) is 6.07 Å². The minimum absolute atomic E-state index is 0.0838. The summed E-state index contributed by atoms with van der Waals surface area (Å²) >= 11 is 1.78. The van der Waals surface area contributed by atoms with Crippen LogP contribution in [-0.2, 0) is 6.61 Å². The fraction of sp³-hybridized carbons (Fsp3) is 0.286. The van der Waals surface area contributed by atoms with E-state index in [0.717, 1.165) is 0 Å². The largest absolute Gasteiger partial charge is 0.397 e. The summed E-state index contributed by atoms with van der Waals surface area (Å²) in [7, 11) is 0. The van der Waals surface area contributed by atoms with Crippen LogP contribution in [-0.4, -0.2) is 10.1 Å². The smallest absolute Gasteiger partial charge is 0.282 e. The summed E-state index contributed by atoms with van der Waals surface area (Å²) in [5, 5.41) is 8.78. The third kappa shape index (κ3) is 2.25. The number of nitrogen functional groups attached to an aromatic ring is 1. The maximum Gasteiger partial charge on any atom is 0.282 e. The third-order valence-corrected chi connectivity index (χ3v) is 2.42. The highest BCUT2D eigenvalue weighted by Gasteiger charge is 2.15. The molecule has 0 atom stereocenters. The molecule has 0 saturated carbocycles. The Morgan fingerprint density at radius 3 is 2.69 bits per heavy atom. The number of aromatic nitrogens is 1. The van der Waals surface area contributed by atoms with Gasteiger partial charge in [-0.25, -0.2) is 13.8 Å². The molecular formula is C7H7F2IN2O. The van der Waals surface area contributed by atoms with Crippen LogP contribution in [0.4, 0.5) is 14.5 Å². The van der Waals surface area contributed by atoms with Gasteiger partial charge in [0.05, 0.1) is 12.3 Å². The predicted molar refractivity (Wildman–Crippen MR) is 52.2 cm³/mol. The molecule has 0 unspecified atom stereocenters. The summed E-state index contributed by atoms with van der Waals surface area (Å²) in [4.78, 5) is 3.59. The summed E-state index contributed by atoms with van der Waals surface area (Å²) in [6.07, 6.45) is -2.68. The molecule has 6 heteroatoms. The van der Waals surface area contributed by atoms with Crippen LogP contribution in [0, 0.1) is 3.70 Å². The summed E-state index contributed by atoms with van der Waals surface area (Å²) in [5.74, 6) is 0. The number of pyridine rings is 1. The first-order chi connectivity index (χ1) is 6.06. The second kappa shape index (κ2) is 4.14. The molecule has 0 fully saturated rings. The monoisotopic (exact) mass is 300 g/mol. The van der Waals surface area contributed by atoms with Crippen molar-refractivity contribution < 1.29 is 13.9 Å². The molecule has 0 amide bonds. The molecule has 1 aromatic rings. The molecule has 0 spiro atoms. The minimum Gasteiger partial charge on any atom is -0.397 e. The number of nitrogens with zero attached hydrogens (tertiary/aromatic N) is 1. The van der Waals surface area contributed by atoms with Crippen molar-refractivity contribution in [2.75, 3.05) is 5.73 Å². The fourth-order valence-electron chi connectivity index (χ4n) is 0.849. The lowest BCUT2D eigenvalue weighted by Crippen LogP contribution is -2.03. The maximum absolute atomic E-state index is 12.2. The van der Waals surface area contributed by atoms with Crippen molar-refractivity contribution in [3.8, 4) is 0 Å². The van der Waals surface area contributed by atoms with Gasteiger partial charge in [0.2, 0.25) is 0 Å². The van der Waals surface area contributed by atoms with Crippen molar-refractivity contribution in [2.24, 2.45) is 0 Å². The van der Waals surface area contributed by atoms with Crippen molar-refractivity contribution in [1.82, 2.24) is 4.98 Å². The van der Waals surface area contributed by atoms with E-state index < -0.39 is 12.1 Å². The standard InChI is InChI=1S/C7H7F2IN2O/c8-6(9)5-4(11)1-3(2-13)7(10)12-5/h1,6,13H,2,11H2. The Bertz CT molecular complexity index is 320. The van der Waals surface area contributed by atoms with Crippen LogP contribution < -0.4 is 5.73 Å². The first kappa shape index (κ1) is 10.6. The SMILES string of the molecule is Nc1cc(CO)c(I)nc1C(F)F. The number of hydrogen-bond acceptors (Lipinski definition) is 3. The van der Waals surface area contributed by atoms with E-state index in [2.05, 4.69) is 4.98 Å². The van der Waals surface area contributed by atoms with Crippen molar-refractivity contribution in [2.45, 2.75) is 13.0 Å². The average molecular weight is 300 g/mol. The molecular weight excluding hydrogens is 293 g/mol. The Kier molecular flexibility index (Phi) is 3.37. The van der Waals surface area contributed by atoms with Gasteiger partial charge in [-0.15, -0.1) is 0 Å². The summed E-state index contributed by atoms with van der Waals surface area (Å²) < 4.78 is 24.8. The zero-order valence-corrected chi connectivity index (χ0v) is 8.62. The zero-order chi connectivity index (χ0) is 10.0. The molecule has 1 rings (SSSR count). The number of hydrogen-bond donors (Lipinski definition) is 2. The molecule has 1 aromatic heterocycles. The first-order valence-corrected chi connectivity index (χ1v) is 4.48. The van der Waals surface area contributed by atoms with E-state index in [1.54, 1.807) is 22.6 Å². The molecule has 72 valence electrons. The molecule has 13 heavy (non-hydrogen) atoms. The fourth-order valence-corrected chi connectivity index (χ4v) is 1.44. The molecule has 3 nitrogen and oxygen atoms in total. The molecule has 0 aliphatic rings. The second-order valence-corrected chi connectivity index (χ2v) is 3.39. The summed E-state index contributed by atoms with van der Waals surface area (Å²) in [5.41, 5.74) is 5.26. The minimum atomic E-state index is -2.68. The highest BCUT2D eigenvalue weighted by Crippen LogP contribution is 2.25. The third-order valence-electron chi connectivity index (χ3n) is 1.49. The van der Waals surface area contributed by atoms with Crippen molar-refractivity contribution in [3.63, 3.8) is 0 Å². The highest BCUT2D eigenvalue weighted by molar-refractivity contribution is 14.1. The molecule has 0 saturated heterocycles. The van der Waals surface area contributed by atoms with Crippen molar-refractivity contribution in [1.29, 1.82) is 0 Å². The molecule has 0 aromatic carbocycles. The van der Waals surface area contributed by atoms with E-state index >= 15 is 0 Å². The van der Waals surface area contributed by atoms with Gasteiger partial charge >= 0.3 is 0 Å². The van der Waals surface area contributed by atoms with E-state index in [4.69, 9.17) is 10.8 Å². The Balaban J connectivity index is 3.20. The zero-order valence-electron chi connectivity index (χ0n) is 6.47. The molecule has 0 aliphatic carbocycles. The van der Waals surface area contributed by atoms with E-state index in [1.165, 1.54) is 6.07 Å². The number of rotatable bonds is 2. The predicted octanol–water partition coefficient (Wildman–Crippen LogP) is 1.70. The number of nitrogens with two attached hydrogens (primary N) is 1. The number of halogens is 3. The lowest BCUT2D eigenvalue weighted by Gasteiger charge is -2.07. The Morgan fingerprint density at radius 1 is 1.62 bits per heavy atom. The first-order valence-electron chi connectivity index (χ1n) is 3.40. The normalized spacial score (nSPS) is 10.8. The lowest BCUT2D eigenvalue weighted by atomic mass is 10.2. The quantitative estimate of drug-likeness (QED) is 0.645. The van der Waals surface area contributed by atoms with Crippen LogP contribution >= 0.6 is 22.6 Å². The van der Waals surface area contributed by atoms with Crippen LogP contribution in [0.25, 0.3) is 0 Å².